The Morgan fingerprint density at radius 2 is 1.77 bits per heavy atom. The number of carbonyl (C=O) groups excluding carboxylic acids is 3. The molecule has 166 valence electrons. The van der Waals surface area contributed by atoms with E-state index in [1.165, 1.54) is 0 Å². The van der Waals surface area contributed by atoms with Gasteiger partial charge in [-0.3, -0.25) is 9.59 Å². The monoisotopic (exact) mass is 419 g/mol. The molecular weight excluding hydrogens is 386 g/mol. The summed E-state index contributed by atoms with van der Waals surface area (Å²) < 4.78 is 5.34. The maximum absolute atomic E-state index is 13.1. The summed E-state index contributed by atoms with van der Waals surface area (Å²) in [5, 5.41) is 6.76. The quantitative estimate of drug-likeness (QED) is 0.811. The summed E-state index contributed by atoms with van der Waals surface area (Å²) in [5.41, 5.74) is -0.204. The summed E-state index contributed by atoms with van der Waals surface area (Å²) in [5.74, 6) is 0.930. The van der Waals surface area contributed by atoms with Gasteiger partial charge in [-0.1, -0.05) is 32.9 Å². The van der Waals surface area contributed by atoms with Crippen molar-refractivity contribution in [2.75, 3.05) is 38.0 Å². The Bertz CT molecular complexity index is 777. The highest BCUT2D eigenvalue weighted by Gasteiger charge is 2.36. The minimum absolute atomic E-state index is 0.111. The van der Waals surface area contributed by atoms with Crippen LogP contribution in [0.4, 0.5) is 10.6 Å². The van der Waals surface area contributed by atoms with E-state index in [2.05, 4.69) is 10.5 Å². The van der Waals surface area contributed by atoms with E-state index in [1.807, 2.05) is 27.7 Å². The van der Waals surface area contributed by atoms with Gasteiger partial charge in [0.2, 0.25) is 11.8 Å². The van der Waals surface area contributed by atoms with Crippen LogP contribution in [-0.4, -0.2) is 76.5 Å². The van der Waals surface area contributed by atoms with Gasteiger partial charge in [0.1, 0.15) is 11.8 Å². The second-order valence-corrected chi connectivity index (χ2v) is 9.02. The summed E-state index contributed by atoms with van der Waals surface area (Å²) in [7, 11) is 0. The predicted molar refractivity (Wildman–Crippen MR) is 112 cm³/mol. The van der Waals surface area contributed by atoms with Crippen LogP contribution >= 0.6 is 0 Å². The van der Waals surface area contributed by atoms with Crippen LogP contribution in [0.1, 0.15) is 59.1 Å². The van der Waals surface area contributed by atoms with E-state index in [1.54, 1.807) is 20.8 Å². The molecule has 0 radical (unpaired) electrons. The molecule has 0 bridgehead atoms. The standard InChI is InChI=1S/C21H33N5O4/c1-5-18(27)24-10-12-25(13-11-24)20(29)26-9-7-6-8-15(26)19(28)22-17-14-16(30-23-17)21(2,3)4/h14-15H,5-13H2,1-4H3,(H,22,23,28). The molecule has 1 atom stereocenters. The first-order chi connectivity index (χ1) is 14.2. The molecule has 0 spiro atoms. The lowest BCUT2D eigenvalue weighted by Gasteiger charge is -2.41. The number of nitrogens with zero attached hydrogens (tertiary/aromatic N) is 4. The summed E-state index contributed by atoms with van der Waals surface area (Å²) in [6.45, 7) is 10.5. The number of piperidine rings is 1. The van der Waals surface area contributed by atoms with Gasteiger partial charge in [-0.15, -0.1) is 0 Å². The molecule has 2 saturated heterocycles. The zero-order valence-corrected chi connectivity index (χ0v) is 18.4. The Kier molecular flexibility index (Phi) is 6.67. The first-order valence-corrected chi connectivity index (χ1v) is 10.8. The summed E-state index contributed by atoms with van der Waals surface area (Å²) in [6.07, 6.45) is 2.87. The average molecular weight is 420 g/mol. The highest BCUT2D eigenvalue weighted by atomic mass is 16.5. The van der Waals surface area contributed by atoms with Gasteiger partial charge in [0.15, 0.2) is 5.82 Å². The molecule has 0 aliphatic carbocycles. The van der Waals surface area contributed by atoms with Crippen LogP contribution in [0.25, 0.3) is 0 Å². The number of piperazine rings is 1. The third kappa shape index (κ3) is 4.94. The number of aromatic nitrogens is 1. The average Bonchev–Trinajstić information content (AvgIpc) is 3.22. The summed E-state index contributed by atoms with van der Waals surface area (Å²) in [6, 6.07) is 1.07. The van der Waals surface area contributed by atoms with Gasteiger partial charge in [-0.25, -0.2) is 4.79 Å². The fraction of sp³-hybridized carbons (Fsp3) is 0.714. The van der Waals surface area contributed by atoms with E-state index in [-0.39, 0.29) is 23.3 Å². The van der Waals surface area contributed by atoms with Crippen LogP contribution in [0, 0.1) is 0 Å². The molecule has 2 fully saturated rings. The van der Waals surface area contributed by atoms with Crippen molar-refractivity contribution in [2.24, 2.45) is 0 Å². The topological polar surface area (TPSA) is 99.0 Å². The maximum Gasteiger partial charge on any atom is 0.320 e. The third-order valence-electron chi connectivity index (χ3n) is 5.76. The first kappa shape index (κ1) is 22.1. The molecule has 3 heterocycles. The molecule has 2 aliphatic rings. The van der Waals surface area contributed by atoms with Gasteiger partial charge in [0, 0.05) is 50.6 Å². The highest BCUT2D eigenvalue weighted by molar-refractivity contribution is 5.96. The number of hydrogen-bond donors (Lipinski definition) is 1. The van der Waals surface area contributed by atoms with Crippen LogP contribution in [-0.2, 0) is 15.0 Å². The highest BCUT2D eigenvalue weighted by Crippen LogP contribution is 2.25. The van der Waals surface area contributed by atoms with Crippen LogP contribution in [0.5, 0.6) is 0 Å². The molecule has 9 heteroatoms. The zero-order chi connectivity index (χ0) is 21.9. The molecule has 0 aromatic carbocycles. The second-order valence-electron chi connectivity index (χ2n) is 9.02. The minimum atomic E-state index is -0.531. The van der Waals surface area contributed by atoms with Crippen molar-refractivity contribution in [3.63, 3.8) is 0 Å². The Morgan fingerprint density at radius 1 is 1.10 bits per heavy atom. The lowest BCUT2D eigenvalue weighted by molar-refractivity contribution is -0.132. The van der Waals surface area contributed by atoms with E-state index < -0.39 is 6.04 Å². The third-order valence-corrected chi connectivity index (χ3v) is 5.76. The minimum Gasteiger partial charge on any atom is -0.359 e. The molecule has 1 aromatic rings. The number of amides is 4. The Morgan fingerprint density at radius 3 is 2.37 bits per heavy atom. The van der Waals surface area contributed by atoms with Crippen LogP contribution in [0.15, 0.2) is 10.6 Å². The molecule has 0 saturated carbocycles. The van der Waals surface area contributed by atoms with Gasteiger partial charge >= 0.3 is 6.03 Å². The molecule has 9 nitrogen and oxygen atoms in total. The molecule has 1 N–H and O–H groups in total. The smallest absolute Gasteiger partial charge is 0.320 e. The van der Waals surface area contributed by atoms with Gasteiger partial charge in [-0.05, 0) is 19.3 Å². The van der Waals surface area contributed by atoms with Crippen molar-refractivity contribution >= 4 is 23.7 Å². The van der Waals surface area contributed by atoms with Gasteiger partial charge in [0.05, 0.1) is 0 Å². The molecule has 1 unspecified atom stereocenters. The SMILES string of the molecule is CCC(=O)N1CCN(C(=O)N2CCCCC2C(=O)Nc2cc(C(C)(C)C)on2)CC1. The van der Waals surface area contributed by atoms with Crippen molar-refractivity contribution < 1.29 is 18.9 Å². The van der Waals surface area contributed by atoms with Gasteiger partial charge in [-0.2, -0.15) is 0 Å². The fourth-order valence-electron chi connectivity index (χ4n) is 3.88. The van der Waals surface area contributed by atoms with Crippen LogP contribution in [0.3, 0.4) is 0 Å². The van der Waals surface area contributed by atoms with E-state index in [4.69, 9.17) is 4.52 Å². The number of likely N-dealkylation sites (tertiary alicyclic amines) is 1. The van der Waals surface area contributed by atoms with Gasteiger partial charge < -0.3 is 24.5 Å². The molecule has 30 heavy (non-hydrogen) atoms. The Hall–Kier alpha value is -2.58. The zero-order valence-electron chi connectivity index (χ0n) is 18.4. The van der Waals surface area contributed by atoms with E-state index in [9.17, 15) is 14.4 Å². The van der Waals surface area contributed by atoms with Crippen LogP contribution < -0.4 is 5.32 Å². The maximum atomic E-state index is 13.1. The number of rotatable bonds is 3. The summed E-state index contributed by atoms with van der Waals surface area (Å²) in [4.78, 5) is 43.2. The van der Waals surface area contributed by atoms with Crippen LogP contribution in [0.2, 0.25) is 0 Å². The van der Waals surface area contributed by atoms with Crippen molar-refractivity contribution in [3.8, 4) is 0 Å². The Balaban J connectivity index is 1.63. The van der Waals surface area contributed by atoms with E-state index in [0.717, 1.165) is 12.8 Å². The molecule has 1 aromatic heterocycles. The van der Waals surface area contributed by atoms with Crippen molar-refractivity contribution in [1.82, 2.24) is 19.9 Å². The normalized spacial score (nSPS) is 20.3. The number of nitrogens with one attached hydrogen (secondary N) is 1. The largest absolute Gasteiger partial charge is 0.359 e. The number of carbonyl (C=O) groups is 3. The lowest BCUT2D eigenvalue weighted by atomic mass is 9.93. The molecule has 4 amide bonds. The molecule has 2 aliphatic heterocycles. The number of urea groups is 1. The van der Waals surface area contributed by atoms with Crippen molar-refractivity contribution in [3.05, 3.63) is 11.8 Å². The first-order valence-electron chi connectivity index (χ1n) is 10.8. The van der Waals surface area contributed by atoms with E-state index >= 15 is 0 Å². The predicted octanol–water partition coefficient (Wildman–Crippen LogP) is 2.44. The van der Waals surface area contributed by atoms with Gasteiger partial charge in [0.25, 0.3) is 0 Å². The van der Waals surface area contributed by atoms with Crippen molar-refractivity contribution in [1.29, 1.82) is 0 Å². The second kappa shape index (κ2) is 9.06. The number of hydrogen-bond acceptors (Lipinski definition) is 5. The molecule has 3 rings (SSSR count). The fourth-order valence-corrected chi connectivity index (χ4v) is 3.88. The summed E-state index contributed by atoms with van der Waals surface area (Å²) >= 11 is 0. The van der Waals surface area contributed by atoms with E-state index in [0.29, 0.717) is 57.1 Å². The van der Waals surface area contributed by atoms with Crippen molar-refractivity contribution in [2.45, 2.75) is 64.8 Å². The number of anilines is 1. The molecular formula is C21H33N5O4. The lowest BCUT2D eigenvalue weighted by Crippen LogP contribution is -2.58. The Labute approximate surface area is 177 Å².